The van der Waals surface area contributed by atoms with Crippen molar-refractivity contribution in [1.29, 1.82) is 0 Å². The molecule has 1 aliphatic rings. The van der Waals surface area contributed by atoms with Crippen molar-refractivity contribution in [3.05, 3.63) is 54.4 Å². The van der Waals surface area contributed by atoms with Gasteiger partial charge in [-0.05, 0) is 18.5 Å². The van der Waals surface area contributed by atoms with Crippen LogP contribution in [0.3, 0.4) is 0 Å². The topological polar surface area (TPSA) is 21.3 Å². The number of ether oxygens (including phenoxy) is 1. The van der Waals surface area contributed by atoms with Crippen LogP contribution < -0.4 is 10.1 Å². The van der Waals surface area contributed by atoms with E-state index < -0.39 is 6.61 Å². The van der Waals surface area contributed by atoms with E-state index in [1.807, 2.05) is 12.2 Å². The second kappa shape index (κ2) is 4.79. The Morgan fingerprint density at radius 1 is 1.12 bits per heavy atom. The summed E-state index contributed by atoms with van der Waals surface area (Å²) >= 11 is 0. The summed E-state index contributed by atoms with van der Waals surface area (Å²) in [7, 11) is 0. The van der Waals surface area contributed by atoms with Gasteiger partial charge in [0.2, 0.25) is 0 Å². The molecule has 0 unspecified atom stereocenters. The average molecular weight is 223 g/mol. The summed E-state index contributed by atoms with van der Waals surface area (Å²) in [6, 6.07) is 6.81. The van der Waals surface area contributed by atoms with Gasteiger partial charge >= 0.3 is 6.61 Å². The number of hydrogen-bond acceptors (Lipinski definition) is 2. The molecule has 16 heavy (non-hydrogen) atoms. The third-order valence-electron chi connectivity index (χ3n) is 2.29. The monoisotopic (exact) mass is 223 g/mol. The van der Waals surface area contributed by atoms with E-state index in [0.29, 0.717) is 0 Å². The van der Waals surface area contributed by atoms with Crippen LogP contribution in [0.2, 0.25) is 0 Å². The highest BCUT2D eigenvalue weighted by Crippen LogP contribution is 2.30. The molecule has 0 saturated heterocycles. The lowest BCUT2D eigenvalue weighted by molar-refractivity contribution is -0.0504. The number of alkyl halides is 2. The number of allylic oxidation sites excluding steroid dienone is 2. The van der Waals surface area contributed by atoms with Gasteiger partial charge in [-0.2, -0.15) is 8.78 Å². The summed E-state index contributed by atoms with van der Waals surface area (Å²) in [6.45, 7) is -2.80. The van der Waals surface area contributed by atoms with E-state index in [9.17, 15) is 8.78 Å². The average Bonchev–Trinajstić information content (AvgIpc) is 2.30. The molecule has 0 saturated carbocycles. The van der Waals surface area contributed by atoms with Crippen molar-refractivity contribution in [3.63, 3.8) is 0 Å². The first-order valence-corrected chi connectivity index (χ1v) is 4.90. The molecule has 2 nitrogen and oxygen atoms in total. The molecule has 0 aromatic heterocycles. The number of benzene rings is 1. The van der Waals surface area contributed by atoms with Crippen LogP contribution in [0.25, 0.3) is 0 Å². The first kappa shape index (κ1) is 10.7. The predicted octanol–water partition coefficient (Wildman–Crippen LogP) is 3.00. The van der Waals surface area contributed by atoms with Gasteiger partial charge in [0, 0.05) is 11.5 Å². The zero-order valence-electron chi connectivity index (χ0n) is 8.44. The lowest BCUT2D eigenvalue weighted by Gasteiger charge is -2.16. The Kier molecular flexibility index (Phi) is 3.19. The van der Waals surface area contributed by atoms with Crippen molar-refractivity contribution >= 4 is 0 Å². The highest BCUT2D eigenvalue weighted by Gasteiger charge is 2.14. The van der Waals surface area contributed by atoms with Gasteiger partial charge in [-0.1, -0.05) is 30.4 Å². The number of hydrogen-bond donors (Lipinski definition) is 1. The zero-order chi connectivity index (χ0) is 11.4. The van der Waals surface area contributed by atoms with Gasteiger partial charge in [-0.15, -0.1) is 0 Å². The molecule has 1 aromatic carbocycles. The molecule has 1 N–H and O–H groups in total. The molecule has 2 rings (SSSR count). The summed E-state index contributed by atoms with van der Waals surface area (Å²) in [5, 5.41) is 2.89. The molecule has 0 aliphatic carbocycles. The molecule has 0 spiro atoms. The van der Waals surface area contributed by atoms with E-state index in [4.69, 9.17) is 0 Å². The van der Waals surface area contributed by atoms with E-state index in [0.717, 1.165) is 5.56 Å². The third kappa shape index (κ3) is 2.39. The lowest BCUT2D eigenvalue weighted by atomic mass is 9.97. The van der Waals surface area contributed by atoms with Gasteiger partial charge in [-0.25, -0.2) is 0 Å². The summed E-state index contributed by atoms with van der Waals surface area (Å²) in [6.07, 6.45) is 7.30. The maximum atomic E-state index is 12.2. The molecule has 4 heteroatoms. The van der Waals surface area contributed by atoms with Gasteiger partial charge in [0.15, 0.2) is 0 Å². The molecule has 1 aromatic rings. The van der Waals surface area contributed by atoms with Crippen LogP contribution in [-0.2, 0) is 0 Å². The molecule has 0 radical (unpaired) electrons. The number of rotatable bonds is 3. The Balaban J connectivity index is 2.28. The summed E-state index contributed by atoms with van der Waals surface area (Å²) in [5.74, 6) is 0.190. The number of para-hydroxylation sites is 1. The number of halogens is 2. The van der Waals surface area contributed by atoms with Crippen LogP contribution in [0.5, 0.6) is 5.75 Å². The van der Waals surface area contributed by atoms with E-state index in [1.165, 1.54) is 0 Å². The largest absolute Gasteiger partial charge is 0.435 e. The SMILES string of the molecule is FC(F)Oc1ccccc1C1C=CNC=C1. The molecule has 1 heterocycles. The third-order valence-corrected chi connectivity index (χ3v) is 2.29. The molecule has 0 fully saturated rings. The van der Waals surface area contributed by atoms with Crippen LogP contribution in [0, 0.1) is 0 Å². The molecule has 0 bridgehead atoms. The van der Waals surface area contributed by atoms with Crippen molar-refractivity contribution in [2.75, 3.05) is 0 Å². The minimum absolute atomic E-state index is 0.0313. The van der Waals surface area contributed by atoms with Crippen LogP contribution in [0.15, 0.2) is 48.8 Å². The van der Waals surface area contributed by atoms with Crippen molar-refractivity contribution in [2.24, 2.45) is 0 Å². The van der Waals surface area contributed by atoms with Gasteiger partial charge < -0.3 is 10.1 Å². The van der Waals surface area contributed by atoms with Gasteiger partial charge in [-0.3, -0.25) is 0 Å². The maximum absolute atomic E-state index is 12.2. The van der Waals surface area contributed by atoms with Crippen molar-refractivity contribution < 1.29 is 13.5 Å². The van der Waals surface area contributed by atoms with E-state index in [2.05, 4.69) is 10.1 Å². The standard InChI is InChI=1S/C12H11F2NO/c13-12(14)16-11-4-2-1-3-10(11)9-5-7-15-8-6-9/h1-9,12,15H. The minimum Gasteiger partial charge on any atom is -0.435 e. The zero-order valence-corrected chi connectivity index (χ0v) is 8.44. The molecule has 0 atom stereocenters. The van der Waals surface area contributed by atoms with Crippen molar-refractivity contribution in [3.8, 4) is 5.75 Å². The Bertz CT molecular complexity index is 403. The molecule has 1 aliphatic heterocycles. The number of nitrogens with one attached hydrogen (secondary N) is 1. The Hall–Kier alpha value is -1.84. The molecule has 84 valence electrons. The number of dihydropyridines is 1. The first-order valence-electron chi connectivity index (χ1n) is 4.90. The van der Waals surface area contributed by atoms with Gasteiger partial charge in [0.1, 0.15) is 5.75 Å². The van der Waals surface area contributed by atoms with Gasteiger partial charge in [0.25, 0.3) is 0 Å². The lowest BCUT2D eigenvalue weighted by Crippen LogP contribution is -2.08. The molecular weight excluding hydrogens is 212 g/mol. The normalized spacial score (nSPS) is 15.2. The Labute approximate surface area is 92.2 Å². The van der Waals surface area contributed by atoms with Crippen LogP contribution in [0.1, 0.15) is 11.5 Å². The maximum Gasteiger partial charge on any atom is 0.387 e. The van der Waals surface area contributed by atoms with E-state index in [1.54, 1.807) is 36.7 Å². The fraction of sp³-hybridized carbons (Fsp3) is 0.167. The van der Waals surface area contributed by atoms with Crippen LogP contribution in [-0.4, -0.2) is 6.61 Å². The van der Waals surface area contributed by atoms with E-state index >= 15 is 0 Å². The second-order valence-electron chi connectivity index (χ2n) is 3.33. The highest BCUT2D eigenvalue weighted by molar-refractivity contribution is 5.41. The van der Waals surface area contributed by atoms with Crippen molar-refractivity contribution in [1.82, 2.24) is 5.32 Å². The van der Waals surface area contributed by atoms with Crippen LogP contribution >= 0.6 is 0 Å². The summed E-state index contributed by atoms with van der Waals surface area (Å²) in [4.78, 5) is 0. The van der Waals surface area contributed by atoms with Crippen molar-refractivity contribution in [2.45, 2.75) is 12.5 Å². The molecular formula is C12H11F2NO. The quantitative estimate of drug-likeness (QED) is 0.850. The predicted molar refractivity (Wildman–Crippen MR) is 57.2 cm³/mol. The highest BCUT2D eigenvalue weighted by atomic mass is 19.3. The summed E-state index contributed by atoms with van der Waals surface area (Å²) in [5.41, 5.74) is 0.733. The summed E-state index contributed by atoms with van der Waals surface area (Å²) < 4.78 is 28.9. The van der Waals surface area contributed by atoms with Gasteiger partial charge in [0.05, 0.1) is 0 Å². The second-order valence-corrected chi connectivity index (χ2v) is 3.33. The fourth-order valence-electron chi connectivity index (χ4n) is 1.60. The van der Waals surface area contributed by atoms with E-state index in [-0.39, 0.29) is 11.7 Å². The minimum atomic E-state index is -2.80. The first-order chi connectivity index (χ1) is 7.77. The van der Waals surface area contributed by atoms with Crippen LogP contribution in [0.4, 0.5) is 8.78 Å². The smallest absolute Gasteiger partial charge is 0.387 e. The fourth-order valence-corrected chi connectivity index (χ4v) is 1.60. The Morgan fingerprint density at radius 2 is 1.81 bits per heavy atom. The molecule has 0 amide bonds. The Morgan fingerprint density at radius 3 is 2.50 bits per heavy atom.